The van der Waals surface area contributed by atoms with Crippen molar-refractivity contribution in [2.45, 2.75) is 24.8 Å². The molecule has 0 aliphatic rings. The fraction of sp³-hybridized carbons (Fsp3) is 0.240. The third kappa shape index (κ3) is 6.20. The van der Waals surface area contributed by atoms with E-state index in [9.17, 15) is 13.2 Å². The summed E-state index contributed by atoms with van der Waals surface area (Å²) in [6.07, 6.45) is 0. The van der Waals surface area contributed by atoms with Crippen molar-refractivity contribution in [1.29, 1.82) is 0 Å². The van der Waals surface area contributed by atoms with Crippen LogP contribution in [0.2, 0.25) is 0 Å². The van der Waals surface area contributed by atoms with Crippen molar-refractivity contribution in [2.24, 2.45) is 0 Å². The molecule has 9 heteroatoms. The summed E-state index contributed by atoms with van der Waals surface area (Å²) in [5, 5.41) is 2.86. The largest absolute Gasteiger partial charge is 0.493 e. The van der Waals surface area contributed by atoms with Gasteiger partial charge in [-0.3, -0.25) is 9.52 Å². The molecule has 1 atom stereocenters. The maximum absolute atomic E-state index is 12.6. The molecule has 0 fully saturated rings. The Morgan fingerprint density at radius 1 is 0.941 bits per heavy atom. The lowest BCUT2D eigenvalue weighted by Gasteiger charge is -2.17. The van der Waals surface area contributed by atoms with Crippen molar-refractivity contribution in [3.63, 3.8) is 0 Å². The Morgan fingerprint density at radius 2 is 1.62 bits per heavy atom. The lowest BCUT2D eigenvalue weighted by atomic mass is 10.1. The van der Waals surface area contributed by atoms with Gasteiger partial charge in [-0.05, 0) is 67.4 Å². The fourth-order valence-corrected chi connectivity index (χ4v) is 4.37. The van der Waals surface area contributed by atoms with E-state index < -0.39 is 10.0 Å². The molecule has 0 bridgehead atoms. The lowest BCUT2D eigenvalue weighted by Crippen LogP contribution is -2.31. The van der Waals surface area contributed by atoms with Gasteiger partial charge in [0.15, 0.2) is 18.1 Å². The molecule has 0 radical (unpaired) electrons. The van der Waals surface area contributed by atoms with Crippen LogP contribution in [0.5, 0.6) is 17.2 Å². The van der Waals surface area contributed by atoms with Crippen LogP contribution in [-0.4, -0.2) is 35.2 Å². The van der Waals surface area contributed by atoms with Crippen LogP contribution in [0.15, 0.2) is 71.6 Å². The number of anilines is 1. The number of aryl methyl sites for hydroxylation is 1. The van der Waals surface area contributed by atoms with Crippen LogP contribution in [0.25, 0.3) is 0 Å². The molecule has 2 N–H and O–H groups in total. The predicted molar refractivity (Wildman–Crippen MR) is 130 cm³/mol. The summed E-state index contributed by atoms with van der Waals surface area (Å²) in [6, 6.07) is 18.1. The number of ether oxygens (including phenoxy) is 3. The smallest absolute Gasteiger partial charge is 0.261 e. The Kier molecular flexibility index (Phi) is 8.01. The summed E-state index contributed by atoms with van der Waals surface area (Å²) >= 11 is 0. The van der Waals surface area contributed by atoms with Gasteiger partial charge in [0.1, 0.15) is 5.75 Å². The van der Waals surface area contributed by atoms with Gasteiger partial charge in [-0.15, -0.1) is 0 Å². The maximum Gasteiger partial charge on any atom is 0.261 e. The highest BCUT2D eigenvalue weighted by Gasteiger charge is 2.16. The van der Waals surface area contributed by atoms with Gasteiger partial charge in [-0.25, -0.2) is 8.42 Å². The Morgan fingerprint density at radius 3 is 2.26 bits per heavy atom. The number of rotatable bonds is 10. The zero-order valence-electron chi connectivity index (χ0n) is 19.5. The SMILES string of the molecule is COc1ccc([C@H](C)NC(=O)COc2ccc(S(=O)(=O)Nc3ccccc3C)cc2)cc1OC. The van der Waals surface area contributed by atoms with E-state index in [4.69, 9.17) is 14.2 Å². The molecule has 1 amide bonds. The molecule has 0 saturated heterocycles. The molecule has 3 aromatic carbocycles. The number of methoxy groups -OCH3 is 2. The third-order valence-corrected chi connectivity index (χ3v) is 6.56. The molecule has 3 rings (SSSR count). The van der Waals surface area contributed by atoms with Crippen molar-refractivity contribution in [2.75, 3.05) is 25.5 Å². The molecular formula is C25H28N2O6S. The number of carbonyl (C=O) groups is 1. The van der Waals surface area contributed by atoms with E-state index in [1.165, 1.54) is 24.3 Å². The van der Waals surface area contributed by atoms with Gasteiger partial charge >= 0.3 is 0 Å². The first-order valence-electron chi connectivity index (χ1n) is 10.6. The molecular weight excluding hydrogens is 456 g/mol. The van der Waals surface area contributed by atoms with Gasteiger partial charge in [0.25, 0.3) is 15.9 Å². The highest BCUT2D eigenvalue weighted by molar-refractivity contribution is 7.92. The van der Waals surface area contributed by atoms with Gasteiger partial charge in [-0.2, -0.15) is 0 Å². The zero-order chi connectivity index (χ0) is 24.7. The summed E-state index contributed by atoms with van der Waals surface area (Å²) in [7, 11) is -0.637. The first-order chi connectivity index (χ1) is 16.2. The lowest BCUT2D eigenvalue weighted by molar-refractivity contribution is -0.123. The van der Waals surface area contributed by atoms with Gasteiger partial charge < -0.3 is 19.5 Å². The molecule has 0 aliphatic heterocycles. The molecule has 0 saturated carbocycles. The minimum absolute atomic E-state index is 0.0922. The van der Waals surface area contributed by atoms with Crippen LogP contribution in [0, 0.1) is 6.92 Å². The van der Waals surface area contributed by atoms with E-state index in [1.807, 2.05) is 32.0 Å². The molecule has 34 heavy (non-hydrogen) atoms. The van der Waals surface area contributed by atoms with Gasteiger partial charge in [-0.1, -0.05) is 24.3 Å². The van der Waals surface area contributed by atoms with Crippen molar-refractivity contribution in [1.82, 2.24) is 5.32 Å². The molecule has 8 nitrogen and oxygen atoms in total. The third-order valence-electron chi connectivity index (χ3n) is 5.18. The van der Waals surface area contributed by atoms with Crippen molar-refractivity contribution in [3.8, 4) is 17.2 Å². The number of sulfonamides is 1. The first kappa shape index (κ1) is 24.9. The molecule has 3 aromatic rings. The molecule has 0 heterocycles. The molecule has 0 aromatic heterocycles. The van der Waals surface area contributed by atoms with Crippen LogP contribution >= 0.6 is 0 Å². The molecule has 0 aliphatic carbocycles. The van der Waals surface area contributed by atoms with E-state index in [1.54, 1.807) is 38.5 Å². The molecule has 0 unspecified atom stereocenters. The number of hydrogen-bond donors (Lipinski definition) is 2. The van der Waals surface area contributed by atoms with Crippen molar-refractivity contribution in [3.05, 3.63) is 77.9 Å². The second kappa shape index (κ2) is 10.9. The van der Waals surface area contributed by atoms with Gasteiger partial charge in [0.05, 0.1) is 30.8 Å². The number of nitrogens with one attached hydrogen (secondary N) is 2. The average molecular weight is 485 g/mol. The van der Waals surface area contributed by atoms with E-state index in [-0.39, 0.29) is 23.5 Å². The Labute approximate surface area is 199 Å². The maximum atomic E-state index is 12.6. The van der Waals surface area contributed by atoms with Crippen LogP contribution in [0.4, 0.5) is 5.69 Å². The number of carbonyl (C=O) groups excluding carboxylic acids is 1. The van der Waals surface area contributed by atoms with Gasteiger partial charge in [0, 0.05) is 0 Å². The minimum atomic E-state index is -3.75. The highest BCUT2D eigenvalue weighted by atomic mass is 32.2. The van der Waals surface area contributed by atoms with E-state index in [2.05, 4.69) is 10.0 Å². The van der Waals surface area contributed by atoms with Gasteiger partial charge in [0.2, 0.25) is 0 Å². The second-order valence-corrected chi connectivity index (χ2v) is 9.27. The Bertz CT molecular complexity index is 1240. The van der Waals surface area contributed by atoms with Crippen molar-refractivity contribution < 1.29 is 27.4 Å². The summed E-state index contributed by atoms with van der Waals surface area (Å²) in [5.74, 6) is 1.24. The van der Waals surface area contributed by atoms with Crippen molar-refractivity contribution >= 4 is 21.6 Å². The van der Waals surface area contributed by atoms with Crippen LogP contribution in [0.3, 0.4) is 0 Å². The molecule has 180 valence electrons. The summed E-state index contributed by atoms with van der Waals surface area (Å²) < 4.78 is 43.9. The standard InChI is InChI=1S/C25H28N2O6S/c1-17-7-5-6-8-22(17)27-34(29,30)21-12-10-20(11-13-21)33-16-25(28)26-18(2)19-9-14-23(31-3)24(15-19)32-4/h5-15,18,27H,16H2,1-4H3,(H,26,28)/t18-/m0/s1. The fourth-order valence-electron chi connectivity index (χ4n) is 3.24. The zero-order valence-corrected chi connectivity index (χ0v) is 20.3. The van der Waals surface area contributed by atoms with Crippen LogP contribution in [-0.2, 0) is 14.8 Å². The predicted octanol–water partition coefficient (Wildman–Crippen LogP) is 4.07. The number of amides is 1. The Hall–Kier alpha value is -3.72. The monoisotopic (exact) mass is 484 g/mol. The van der Waals surface area contributed by atoms with E-state index in [0.29, 0.717) is 22.9 Å². The topological polar surface area (TPSA) is 103 Å². The quantitative estimate of drug-likeness (QED) is 0.450. The molecule has 0 spiro atoms. The number of para-hydroxylation sites is 1. The van der Waals surface area contributed by atoms with Crippen LogP contribution < -0.4 is 24.2 Å². The Balaban J connectivity index is 1.56. The average Bonchev–Trinajstić information content (AvgIpc) is 2.83. The number of hydrogen-bond acceptors (Lipinski definition) is 6. The number of benzene rings is 3. The second-order valence-electron chi connectivity index (χ2n) is 7.58. The summed E-state index contributed by atoms with van der Waals surface area (Å²) in [5.41, 5.74) is 2.18. The van der Waals surface area contributed by atoms with E-state index in [0.717, 1.165) is 11.1 Å². The van der Waals surface area contributed by atoms with Crippen LogP contribution in [0.1, 0.15) is 24.1 Å². The summed E-state index contributed by atoms with van der Waals surface area (Å²) in [4.78, 5) is 12.4. The first-order valence-corrected chi connectivity index (χ1v) is 12.0. The normalized spacial score (nSPS) is 11.9. The van der Waals surface area contributed by atoms with E-state index >= 15 is 0 Å². The summed E-state index contributed by atoms with van der Waals surface area (Å²) in [6.45, 7) is 3.46. The minimum Gasteiger partial charge on any atom is -0.493 e. The highest BCUT2D eigenvalue weighted by Crippen LogP contribution is 2.30.